The highest BCUT2D eigenvalue weighted by molar-refractivity contribution is 6.42. The summed E-state index contributed by atoms with van der Waals surface area (Å²) in [6.07, 6.45) is 3.17. The van der Waals surface area contributed by atoms with E-state index in [-0.39, 0.29) is 17.7 Å². The van der Waals surface area contributed by atoms with E-state index < -0.39 is 0 Å². The Kier molecular flexibility index (Phi) is 4.72. The van der Waals surface area contributed by atoms with Crippen LogP contribution in [0.5, 0.6) is 0 Å². The summed E-state index contributed by atoms with van der Waals surface area (Å²) >= 11 is 12.3. The van der Waals surface area contributed by atoms with Gasteiger partial charge in [0.2, 0.25) is 5.91 Å². The smallest absolute Gasteiger partial charge is 0.223 e. The molecule has 5 heteroatoms. The van der Waals surface area contributed by atoms with Gasteiger partial charge in [0.15, 0.2) is 0 Å². The van der Waals surface area contributed by atoms with Crippen molar-refractivity contribution in [2.45, 2.75) is 25.2 Å². The van der Waals surface area contributed by atoms with Crippen molar-refractivity contribution in [1.29, 1.82) is 0 Å². The number of carbonyl (C=O) groups is 1. The SMILES string of the molecule is O=C(NCC1CCNCC1)[C@@H]1C[C@H]1c1cccc(Cl)c1Cl. The summed E-state index contributed by atoms with van der Waals surface area (Å²) in [7, 11) is 0. The summed E-state index contributed by atoms with van der Waals surface area (Å²) in [4.78, 5) is 12.2. The van der Waals surface area contributed by atoms with E-state index in [1.807, 2.05) is 12.1 Å². The van der Waals surface area contributed by atoms with Crippen molar-refractivity contribution in [2.75, 3.05) is 19.6 Å². The van der Waals surface area contributed by atoms with Crippen molar-refractivity contribution >= 4 is 29.1 Å². The Morgan fingerprint density at radius 1 is 1.29 bits per heavy atom. The van der Waals surface area contributed by atoms with Gasteiger partial charge >= 0.3 is 0 Å². The summed E-state index contributed by atoms with van der Waals surface area (Å²) in [5.74, 6) is 1.06. The fourth-order valence-electron chi connectivity index (χ4n) is 3.10. The lowest BCUT2D eigenvalue weighted by Crippen LogP contribution is -2.36. The summed E-state index contributed by atoms with van der Waals surface area (Å²) in [5.41, 5.74) is 1.01. The summed E-state index contributed by atoms with van der Waals surface area (Å²) in [6, 6.07) is 5.65. The molecule has 0 unspecified atom stereocenters. The first-order valence-electron chi connectivity index (χ1n) is 7.59. The van der Waals surface area contributed by atoms with Gasteiger partial charge in [-0.2, -0.15) is 0 Å². The van der Waals surface area contributed by atoms with Crippen LogP contribution in [0.3, 0.4) is 0 Å². The number of rotatable bonds is 4. The predicted molar refractivity (Wildman–Crippen MR) is 85.9 cm³/mol. The average Bonchev–Trinajstić information content (AvgIpc) is 3.29. The summed E-state index contributed by atoms with van der Waals surface area (Å²) in [5, 5.41) is 7.60. The van der Waals surface area contributed by atoms with Crippen LogP contribution in [0.25, 0.3) is 0 Å². The molecule has 1 aromatic carbocycles. The highest BCUT2D eigenvalue weighted by atomic mass is 35.5. The largest absolute Gasteiger partial charge is 0.356 e. The van der Waals surface area contributed by atoms with Crippen LogP contribution >= 0.6 is 23.2 Å². The molecule has 2 fully saturated rings. The Hall–Kier alpha value is -0.770. The van der Waals surface area contributed by atoms with Crippen LogP contribution in [0.4, 0.5) is 0 Å². The van der Waals surface area contributed by atoms with Gasteiger partial charge in [-0.05, 0) is 55.8 Å². The first-order valence-corrected chi connectivity index (χ1v) is 8.34. The van der Waals surface area contributed by atoms with Crippen molar-refractivity contribution in [3.05, 3.63) is 33.8 Å². The third-order valence-corrected chi connectivity index (χ3v) is 5.37. The van der Waals surface area contributed by atoms with Crippen molar-refractivity contribution in [3.63, 3.8) is 0 Å². The van der Waals surface area contributed by atoms with E-state index in [1.54, 1.807) is 6.07 Å². The van der Waals surface area contributed by atoms with Crippen LogP contribution in [-0.2, 0) is 4.79 Å². The van der Waals surface area contributed by atoms with Crippen molar-refractivity contribution < 1.29 is 4.79 Å². The van der Waals surface area contributed by atoms with E-state index in [2.05, 4.69) is 10.6 Å². The maximum absolute atomic E-state index is 12.2. The molecule has 114 valence electrons. The van der Waals surface area contributed by atoms with Gasteiger partial charge in [-0.1, -0.05) is 35.3 Å². The minimum absolute atomic E-state index is 0.0580. The Labute approximate surface area is 135 Å². The highest BCUT2D eigenvalue weighted by Crippen LogP contribution is 2.50. The molecule has 3 nitrogen and oxygen atoms in total. The molecule has 2 atom stereocenters. The lowest BCUT2D eigenvalue weighted by molar-refractivity contribution is -0.122. The second-order valence-electron chi connectivity index (χ2n) is 6.03. The van der Waals surface area contributed by atoms with Gasteiger partial charge in [0.1, 0.15) is 0 Å². The molecule has 1 aromatic rings. The standard InChI is InChI=1S/C16H20Cl2N2O/c17-14-3-1-2-11(15(14)18)12-8-13(12)16(21)20-9-10-4-6-19-7-5-10/h1-3,10,12-13,19H,4-9H2,(H,20,21)/t12-,13+/m0/s1. The molecule has 0 bridgehead atoms. The number of piperidine rings is 1. The first kappa shape index (κ1) is 15.1. The number of halogens is 2. The zero-order valence-corrected chi connectivity index (χ0v) is 13.4. The second kappa shape index (κ2) is 6.55. The molecule has 21 heavy (non-hydrogen) atoms. The molecule has 2 N–H and O–H groups in total. The Bertz CT molecular complexity index is 529. The molecule has 2 aliphatic rings. The van der Waals surface area contributed by atoms with Gasteiger partial charge in [-0.15, -0.1) is 0 Å². The van der Waals surface area contributed by atoms with Crippen LogP contribution in [0.2, 0.25) is 10.0 Å². The molecular weight excluding hydrogens is 307 g/mol. The molecule has 3 rings (SSSR count). The van der Waals surface area contributed by atoms with E-state index in [1.165, 1.54) is 0 Å². The third-order valence-electron chi connectivity index (χ3n) is 4.53. The fourth-order valence-corrected chi connectivity index (χ4v) is 3.55. The van der Waals surface area contributed by atoms with Gasteiger partial charge in [0.25, 0.3) is 0 Å². The third kappa shape index (κ3) is 3.53. The maximum atomic E-state index is 12.2. The summed E-state index contributed by atoms with van der Waals surface area (Å²) < 4.78 is 0. The Morgan fingerprint density at radius 3 is 2.81 bits per heavy atom. The quantitative estimate of drug-likeness (QED) is 0.892. The summed E-state index contributed by atoms with van der Waals surface area (Å²) in [6.45, 7) is 2.92. The molecular formula is C16H20Cl2N2O. The van der Waals surface area contributed by atoms with Gasteiger partial charge in [0.05, 0.1) is 10.0 Å². The molecule has 0 spiro atoms. The van der Waals surface area contributed by atoms with Gasteiger partial charge in [0, 0.05) is 12.5 Å². The fraction of sp³-hybridized carbons (Fsp3) is 0.562. The zero-order chi connectivity index (χ0) is 14.8. The van der Waals surface area contributed by atoms with Crippen LogP contribution in [-0.4, -0.2) is 25.5 Å². The van der Waals surface area contributed by atoms with Crippen molar-refractivity contribution in [3.8, 4) is 0 Å². The average molecular weight is 327 g/mol. The van der Waals surface area contributed by atoms with Crippen molar-refractivity contribution in [2.24, 2.45) is 11.8 Å². The van der Waals surface area contributed by atoms with E-state index in [4.69, 9.17) is 23.2 Å². The molecule has 0 radical (unpaired) electrons. The number of hydrogen-bond donors (Lipinski definition) is 2. The highest BCUT2D eigenvalue weighted by Gasteiger charge is 2.45. The van der Waals surface area contributed by atoms with Gasteiger partial charge < -0.3 is 10.6 Å². The number of amides is 1. The maximum Gasteiger partial charge on any atom is 0.223 e. The number of hydrogen-bond acceptors (Lipinski definition) is 2. The molecule has 1 amide bonds. The minimum atomic E-state index is 0.0580. The van der Waals surface area contributed by atoms with Crippen LogP contribution < -0.4 is 10.6 Å². The Balaban J connectivity index is 1.52. The second-order valence-corrected chi connectivity index (χ2v) is 6.82. The molecule has 1 saturated heterocycles. The molecule has 0 aromatic heterocycles. The van der Waals surface area contributed by atoms with E-state index in [0.29, 0.717) is 16.0 Å². The van der Waals surface area contributed by atoms with Gasteiger partial charge in [-0.3, -0.25) is 4.79 Å². The predicted octanol–water partition coefficient (Wildman–Crippen LogP) is 3.21. The molecule has 1 heterocycles. The van der Waals surface area contributed by atoms with E-state index in [9.17, 15) is 4.79 Å². The lowest BCUT2D eigenvalue weighted by Gasteiger charge is -2.22. The molecule has 1 aliphatic carbocycles. The minimum Gasteiger partial charge on any atom is -0.356 e. The molecule has 1 aliphatic heterocycles. The van der Waals surface area contributed by atoms with Crippen LogP contribution in [0, 0.1) is 11.8 Å². The number of benzene rings is 1. The number of carbonyl (C=O) groups excluding carboxylic acids is 1. The van der Waals surface area contributed by atoms with Crippen LogP contribution in [0.1, 0.15) is 30.7 Å². The van der Waals surface area contributed by atoms with Crippen molar-refractivity contribution in [1.82, 2.24) is 10.6 Å². The van der Waals surface area contributed by atoms with E-state index >= 15 is 0 Å². The van der Waals surface area contributed by atoms with Crippen LogP contribution in [0.15, 0.2) is 18.2 Å². The van der Waals surface area contributed by atoms with Gasteiger partial charge in [-0.25, -0.2) is 0 Å². The lowest BCUT2D eigenvalue weighted by atomic mass is 9.98. The monoisotopic (exact) mass is 326 g/mol. The zero-order valence-electron chi connectivity index (χ0n) is 11.9. The first-order chi connectivity index (χ1) is 10.2. The van der Waals surface area contributed by atoms with E-state index in [0.717, 1.165) is 44.5 Å². The molecule has 1 saturated carbocycles. The normalized spacial score (nSPS) is 25.6. The topological polar surface area (TPSA) is 41.1 Å². The number of nitrogens with one attached hydrogen (secondary N) is 2. The Morgan fingerprint density at radius 2 is 2.05 bits per heavy atom.